The maximum atomic E-state index is 12.8. The molecular weight excluding hydrogens is 390 g/mol. The first-order valence-corrected chi connectivity index (χ1v) is 11.1. The summed E-state index contributed by atoms with van der Waals surface area (Å²) in [6, 6.07) is 8.21. The molecule has 0 bridgehead atoms. The summed E-state index contributed by atoms with van der Waals surface area (Å²) in [7, 11) is 0. The van der Waals surface area contributed by atoms with Gasteiger partial charge in [0.25, 0.3) is 0 Å². The molecule has 1 aliphatic heterocycles. The fourth-order valence-corrected chi connectivity index (χ4v) is 4.95. The van der Waals surface area contributed by atoms with Crippen molar-refractivity contribution in [3.8, 4) is 11.3 Å². The Morgan fingerprint density at radius 3 is 2.84 bits per heavy atom. The van der Waals surface area contributed by atoms with Crippen LogP contribution in [0.4, 0.5) is 5.82 Å². The summed E-state index contributed by atoms with van der Waals surface area (Å²) in [5, 5.41) is 8.07. The number of carbonyl (C=O) groups is 1. The molecule has 158 valence electrons. The molecule has 0 spiro atoms. The van der Waals surface area contributed by atoms with Gasteiger partial charge in [0.1, 0.15) is 11.3 Å². The van der Waals surface area contributed by atoms with Crippen molar-refractivity contribution in [1.82, 2.24) is 30.0 Å². The molecule has 1 atom stereocenters. The van der Waals surface area contributed by atoms with Crippen LogP contribution in [-0.4, -0.2) is 48.5 Å². The smallest absolute Gasteiger partial charge is 0.225 e. The predicted molar refractivity (Wildman–Crippen MR) is 119 cm³/mol. The summed E-state index contributed by atoms with van der Waals surface area (Å²) in [5.74, 6) is 1.86. The Bertz CT molecular complexity index is 1270. The maximum Gasteiger partial charge on any atom is 0.225 e. The monoisotopic (exact) mass is 415 g/mol. The van der Waals surface area contributed by atoms with E-state index in [0.717, 1.165) is 72.2 Å². The van der Waals surface area contributed by atoms with Crippen LogP contribution in [0.5, 0.6) is 0 Å². The molecule has 4 N–H and O–H groups in total. The average Bonchev–Trinajstić information content (AvgIpc) is 3.47. The number of carbonyl (C=O) groups excluding carboxylic acids is 1. The number of nitrogens with one attached hydrogen (secondary N) is 2. The van der Waals surface area contributed by atoms with Gasteiger partial charge in [0, 0.05) is 42.1 Å². The van der Waals surface area contributed by atoms with Crippen molar-refractivity contribution in [3.63, 3.8) is 0 Å². The van der Waals surface area contributed by atoms with Gasteiger partial charge in [0.15, 0.2) is 5.82 Å². The second-order valence-electron chi connectivity index (χ2n) is 8.76. The van der Waals surface area contributed by atoms with Crippen molar-refractivity contribution in [2.24, 2.45) is 5.92 Å². The van der Waals surface area contributed by atoms with Crippen LogP contribution in [0.2, 0.25) is 0 Å². The Morgan fingerprint density at radius 1 is 1.16 bits per heavy atom. The average molecular weight is 416 g/mol. The summed E-state index contributed by atoms with van der Waals surface area (Å²) < 4.78 is 0. The van der Waals surface area contributed by atoms with E-state index in [0.29, 0.717) is 17.2 Å². The van der Waals surface area contributed by atoms with E-state index in [4.69, 9.17) is 10.7 Å². The van der Waals surface area contributed by atoms with Gasteiger partial charge in [0.05, 0.1) is 16.7 Å². The van der Waals surface area contributed by atoms with Crippen LogP contribution in [0.3, 0.4) is 0 Å². The third-order valence-corrected chi connectivity index (χ3v) is 6.84. The number of H-pyrrole nitrogens is 2. The van der Waals surface area contributed by atoms with Crippen LogP contribution >= 0.6 is 0 Å². The van der Waals surface area contributed by atoms with Crippen molar-refractivity contribution >= 4 is 33.7 Å². The fraction of sp³-hybridized carbons (Fsp3) is 0.391. The Labute approximate surface area is 179 Å². The Morgan fingerprint density at radius 2 is 2.06 bits per heavy atom. The third-order valence-electron chi connectivity index (χ3n) is 6.84. The molecule has 0 radical (unpaired) electrons. The van der Waals surface area contributed by atoms with E-state index in [1.54, 1.807) is 6.20 Å². The number of hydrogen-bond donors (Lipinski definition) is 3. The van der Waals surface area contributed by atoms with Gasteiger partial charge in [-0.3, -0.25) is 9.89 Å². The number of anilines is 1. The summed E-state index contributed by atoms with van der Waals surface area (Å²) in [6.45, 7) is 0.864. The number of aromatic nitrogens is 5. The van der Waals surface area contributed by atoms with Crippen LogP contribution in [0, 0.1) is 5.92 Å². The van der Waals surface area contributed by atoms with Gasteiger partial charge >= 0.3 is 0 Å². The normalized spacial score (nSPS) is 19.4. The Kier molecular flexibility index (Phi) is 4.19. The number of nitrogens with two attached hydrogens (primary N) is 1. The van der Waals surface area contributed by atoms with E-state index >= 15 is 0 Å². The number of nitrogen functional groups attached to an aromatic ring is 1. The lowest BCUT2D eigenvalue weighted by atomic mass is 9.84. The topological polar surface area (TPSA) is 117 Å². The molecule has 1 saturated heterocycles. The molecule has 1 amide bonds. The first-order valence-electron chi connectivity index (χ1n) is 11.1. The number of aromatic amines is 2. The summed E-state index contributed by atoms with van der Waals surface area (Å²) in [6.07, 6.45) is 7.87. The van der Waals surface area contributed by atoms with Crippen LogP contribution in [-0.2, 0) is 11.2 Å². The van der Waals surface area contributed by atoms with Crippen molar-refractivity contribution < 1.29 is 4.79 Å². The molecule has 8 heteroatoms. The van der Waals surface area contributed by atoms with Crippen LogP contribution in [0.25, 0.3) is 33.2 Å². The van der Waals surface area contributed by atoms with Crippen LogP contribution in [0.15, 0.2) is 30.5 Å². The number of hydrogen-bond acceptors (Lipinski definition) is 5. The zero-order valence-electron chi connectivity index (χ0n) is 17.3. The molecule has 31 heavy (non-hydrogen) atoms. The second-order valence-corrected chi connectivity index (χ2v) is 8.76. The molecule has 3 aromatic heterocycles. The van der Waals surface area contributed by atoms with Crippen LogP contribution in [0.1, 0.15) is 37.9 Å². The van der Waals surface area contributed by atoms with E-state index in [2.05, 4.69) is 25.1 Å². The lowest BCUT2D eigenvalue weighted by molar-refractivity contribution is -0.139. The predicted octanol–water partition coefficient (Wildman–Crippen LogP) is 3.42. The number of rotatable bonds is 4. The molecule has 1 aliphatic carbocycles. The van der Waals surface area contributed by atoms with E-state index in [-0.39, 0.29) is 12.0 Å². The zero-order chi connectivity index (χ0) is 20.9. The fourth-order valence-electron chi connectivity index (χ4n) is 4.95. The molecule has 1 saturated carbocycles. The standard InChI is InChI=1S/C23H25N7O/c24-22-21-20(16-7-6-14(11-18(16)26-22)17-8-9-25-29-17)27-19(28-21)12-15-5-2-10-30(15)23(31)13-3-1-4-13/h6-9,11,13,15H,1-5,10,12H2,(H2,24,26)(H,25,29)(H,27,28)/t15-/m0/s1. The number of amides is 1. The number of imidazole rings is 1. The molecule has 4 heterocycles. The highest BCUT2D eigenvalue weighted by molar-refractivity contribution is 6.07. The Hall–Kier alpha value is -3.42. The summed E-state index contributed by atoms with van der Waals surface area (Å²) in [5.41, 5.74) is 10.5. The highest BCUT2D eigenvalue weighted by Gasteiger charge is 2.36. The number of likely N-dealkylation sites (tertiary alicyclic amines) is 1. The van der Waals surface area contributed by atoms with Gasteiger partial charge in [-0.05, 0) is 43.9 Å². The second kappa shape index (κ2) is 7.08. The quantitative estimate of drug-likeness (QED) is 0.472. The number of nitrogens with zero attached hydrogens (tertiary/aromatic N) is 4. The lowest BCUT2D eigenvalue weighted by Gasteiger charge is -2.32. The van der Waals surface area contributed by atoms with Crippen molar-refractivity contribution in [2.75, 3.05) is 12.3 Å². The maximum absolute atomic E-state index is 12.8. The first-order chi connectivity index (χ1) is 15.2. The molecule has 1 aromatic carbocycles. The first kappa shape index (κ1) is 18.4. The van der Waals surface area contributed by atoms with Crippen molar-refractivity contribution in [3.05, 3.63) is 36.3 Å². The molecule has 2 aliphatic rings. The Balaban J connectivity index is 1.33. The van der Waals surface area contributed by atoms with Crippen molar-refractivity contribution in [2.45, 2.75) is 44.6 Å². The number of fused-ring (bicyclic) bond motifs is 3. The van der Waals surface area contributed by atoms with Gasteiger partial charge in [-0.1, -0.05) is 12.5 Å². The van der Waals surface area contributed by atoms with E-state index in [9.17, 15) is 4.79 Å². The highest BCUT2D eigenvalue weighted by atomic mass is 16.2. The molecular formula is C23H25N7O. The molecule has 6 rings (SSSR count). The zero-order valence-corrected chi connectivity index (χ0v) is 17.3. The van der Waals surface area contributed by atoms with E-state index in [1.807, 2.05) is 24.3 Å². The van der Waals surface area contributed by atoms with Gasteiger partial charge in [-0.15, -0.1) is 0 Å². The van der Waals surface area contributed by atoms with Gasteiger partial charge in [-0.25, -0.2) is 9.97 Å². The summed E-state index contributed by atoms with van der Waals surface area (Å²) in [4.78, 5) is 27.8. The minimum Gasteiger partial charge on any atom is -0.382 e. The minimum absolute atomic E-state index is 0.209. The molecule has 2 fully saturated rings. The largest absolute Gasteiger partial charge is 0.382 e. The molecule has 0 unspecified atom stereocenters. The summed E-state index contributed by atoms with van der Waals surface area (Å²) >= 11 is 0. The molecule has 8 nitrogen and oxygen atoms in total. The van der Waals surface area contributed by atoms with Crippen molar-refractivity contribution in [1.29, 1.82) is 0 Å². The third kappa shape index (κ3) is 3.05. The van der Waals surface area contributed by atoms with Gasteiger partial charge < -0.3 is 15.6 Å². The minimum atomic E-state index is 0.209. The lowest BCUT2D eigenvalue weighted by Crippen LogP contribution is -2.42. The number of pyridine rings is 1. The van der Waals surface area contributed by atoms with Gasteiger partial charge in [-0.2, -0.15) is 5.10 Å². The highest BCUT2D eigenvalue weighted by Crippen LogP contribution is 2.33. The van der Waals surface area contributed by atoms with E-state index < -0.39 is 0 Å². The van der Waals surface area contributed by atoms with Gasteiger partial charge in [0.2, 0.25) is 5.91 Å². The SMILES string of the molecule is Nc1nc2cc(-c3cc[nH]n3)ccc2c2[nH]c(C[C@@H]3CCCN3C(=O)C3CCC3)nc12. The molecule has 4 aromatic rings. The number of benzene rings is 1. The van der Waals surface area contributed by atoms with E-state index in [1.165, 1.54) is 6.42 Å². The van der Waals surface area contributed by atoms with Crippen LogP contribution < -0.4 is 5.73 Å².